The Morgan fingerprint density at radius 2 is 1.58 bits per heavy atom. The van der Waals surface area contributed by atoms with Crippen LogP contribution in [0, 0.1) is 0 Å². The molecule has 5 nitrogen and oxygen atoms in total. The van der Waals surface area contributed by atoms with Gasteiger partial charge in [-0.2, -0.15) is 0 Å². The van der Waals surface area contributed by atoms with Gasteiger partial charge in [-0.25, -0.2) is 0 Å². The molecule has 26 heavy (non-hydrogen) atoms. The standard InChI is InChI=1S/C21H23N5/c1-2-15-12-18-13-19(26-21-24-7-8-25-21)4-3-16(18)11-17(15)9-14(1)10-20-22-5-6-23-20/h1-4,9,13H,5-8,10-12H2,(H,22,23)(H2,24,25,26). The van der Waals surface area contributed by atoms with Gasteiger partial charge < -0.3 is 16.0 Å². The number of fused-ring (bicyclic) bond motifs is 2. The van der Waals surface area contributed by atoms with Gasteiger partial charge in [0.1, 0.15) is 5.84 Å². The van der Waals surface area contributed by atoms with Gasteiger partial charge in [-0.05, 0) is 52.8 Å². The van der Waals surface area contributed by atoms with Crippen LogP contribution in [0.5, 0.6) is 0 Å². The summed E-state index contributed by atoms with van der Waals surface area (Å²) in [5, 5.41) is 10.0. The van der Waals surface area contributed by atoms with Gasteiger partial charge in [0.15, 0.2) is 5.96 Å². The Morgan fingerprint density at radius 3 is 2.35 bits per heavy atom. The fourth-order valence-corrected chi connectivity index (χ4v) is 3.95. The lowest BCUT2D eigenvalue weighted by Crippen LogP contribution is -2.26. The number of rotatable bonds is 3. The predicted molar refractivity (Wildman–Crippen MR) is 106 cm³/mol. The fourth-order valence-electron chi connectivity index (χ4n) is 3.95. The lowest BCUT2D eigenvalue weighted by molar-refractivity contribution is 0.951. The van der Waals surface area contributed by atoms with Gasteiger partial charge in [-0.15, -0.1) is 0 Å². The molecule has 0 amide bonds. The Bertz CT molecular complexity index is 837. The maximum absolute atomic E-state index is 4.51. The van der Waals surface area contributed by atoms with Crippen LogP contribution in [-0.4, -0.2) is 38.0 Å². The number of aliphatic imine (C=N–C) groups is 2. The largest absolute Gasteiger partial charge is 0.372 e. The molecule has 0 saturated heterocycles. The number of anilines is 1. The highest BCUT2D eigenvalue weighted by Gasteiger charge is 2.17. The molecular weight excluding hydrogens is 322 g/mol. The molecule has 1 aliphatic carbocycles. The molecule has 0 spiro atoms. The van der Waals surface area contributed by atoms with Gasteiger partial charge in [0.2, 0.25) is 0 Å². The van der Waals surface area contributed by atoms with Crippen molar-refractivity contribution in [2.75, 3.05) is 31.5 Å². The Labute approximate surface area is 153 Å². The predicted octanol–water partition coefficient (Wildman–Crippen LogP) is 2.10. The minimum Gasteiger partial charge on any atom is -0.372 e. The zero-order valence-electron chi connectivity index (χ0n) is 14.8. The third kappa shape index (κ3) is 3.05. The number of hydrogen-bond donors (Lipinski definition) is 3. The van der Waals surface area contributed by atoms with Crippen LogP contribution >= 0.6 is 0 Å². The molecule has 0 fully saturated rings. The second-order valence-electron chi connectivity index (χ2n) is 7.15. The van der Waals surface area contributed by atoms with Crippen LogP contribution in [0.2, 0.25) is 0 Å². The molecule has 0 atom stereocenters. The Hall–Kier alpha value is -2.82. The van der Waals surface area contributed by atoms with Crippen LogP contribution in [0.15, 0.2) is 46.4 Å². The number of benzene rings is 2. The number of guanidine groups is 1. The SMILES string of the molecule is c1cc2c(cc1CC1=NCCN1)Cc1ccc(NC3=NCCN3)cc1C2. The third-order valence-electron chi connectivity index (χ3n) is 5.29. The first-order valence-electron chi connectivity index (χ1n) is 9.38. The van der Waals surface area contributed by atoms with Crippen LogP contribution in [0.3, 0.4) is 0 Å². The smallest absolute Gasteiger partial charge is 0.195 e. The zero-order chi connectivity index (χ0) is 17.3. The van der Waals surface area contributed by atoms with E-state index in [-0.39, 0.29) is 0 Å². The molecule has 5 rings (SSSR count). The van der Waals surface area contributed by atoms with Crippen LogP contribution in [0.25, 0.3) is 0 Å². The molecule has 0 saturated carbocycles. The summed E-state index contributed by atoms with van der Waals surface area (Å²) in [7, 11) is 0. The Morgan fingerprint density at radius 1 is 0.808 bits per heavy atom. The maximum Gasteiger partial charge on any atom is 0.195 e. The van der Waals surface area contributed by atoms with E-state index in [0.717, 1.165) is 62.9 Å². The van der Waals surface area contributed by atoms with E-state index in [1.807, 2.05) is 0 Å². The Balaban J connectivity index is 1.35. The number of amidine groups is 1. The Kier molecular flexibility index (Phi) is 3.85. The lowest BCUT2D eigenvalue weighted by atomic mass is 9.84. The van der Waals surface area contributed by atoms with Gasteiger partial charge in [0, 0.05) is 25.2 Å². The summed E-state index contributed by atoms with van der Waals surface area (Å²) in [6.07, 6.45) is 2.93. The van der Waals surface area contributed by atoms with E-state index in [0.29, 0.717) is 0 Å². The minimum absolute atomic E-state index is 0.852. The van der Waals surface area contributed by atoms with Crippen molar-refractivity contribution in [1.29, 1.82) is 0 Å². The molecule has 132 valence electrons. The lowest BCUT2D eigenvalue weighted by Gasteiger charge is -2.21. The molecular formula is C21H23N5. The minimum atomic E-state index is 0.852. The maximum atomic E-state index is 4.51. The summed E-state index contributed by atoms with van der Waals surface area (Å²) >= 11 is 0. The number of hydrogen-bond acceptors (Lipinski definition) is 5. The van der Waals surface area contributed by atoms with Crippen molar-refractivity contribution in [2.45, 2.75) is 19.3 Å². The second kappa shape index (κ2) is 6.48. The molecule has 2 heterocycles. The van der Waals surface area contributed by atoms with E-state index < -0.39 is 0 Å². The molecule has 3 N–H and O–H groups in total. The summed E-state index contributed by atoms with van der Waals surface area (Å²) in [5.41, 5.74) is 8.20. The van der Waals surface area contributed by atoms with Crippen LogP contribution in [0.1, 0.15) is 27.8 Å². The normalized spacial score (nSPS) is 17.5. The number of nitrogens with zero attached hydrogens (tertiary/aromatic N) is 2. The highest BCUT2D eigenvalue weighted by molar-refractivity contribution is 5.94. The fraction of sp³-hybridized carbons (Fsp3) is 0.333. The van der Waals surface area contributed by atoms with Gasteiger partial charge in [0.25, 0.3) is 0 Å². The summed E-state index contributed by atoms with van der Waals surface area (Å²) < 4.78 is 0. The third-order valence-corrected chi connectivity index (χ3v) is 5.29. The molecule has 2 aliphatic heterocycles. The average Bonchev–Trinajstić information content (AvgIpc) is 3.34. The van der Waals surface area contributed by atoms with E-state index in [1.165, 1.54) is 27.8 Å². The first-order chi connectivity index (χ1) is 12.8. The topological polar surface area (TPSA) is 60.8 Å². The number of nitrogens with one attached hydrogen (secondary N) is 3. The van der Waals surface area contributed by atoms with E-state index in [4.69, 9.17) is 0 Å². The van der Waals surface area contributed by atoms with Crippen molar-refractivity contribution >= 4 is 17.5 Å². The first kappa shape index (κ1) is 15.4. The molecule has 3 aliphatic rings. The van der Waals surface area contributed by atoms with Gasteiger partial charge in [-0.3, -0.25) is 9.98 Å². The molecule has 0 unspecified atom stereocenters. The molecule has 0 aromatic heterocycles. The summed E-state index contributed by atoms with van der Waals surface area (Å²) in [6.45, 7) is 3.66. The molecule has 2 aromatic carbocycles. The zero-order valence-corrected chi connectivity index (χ0v) is 14.8. The highest BCUT2D eigenvalue weighted by atomic mass is 15.2. The summed E-state index contributed by atoms with van der Waals surface area (Å²) in [6, 6.07) is 13.6. The van der Waals surface area contributed by atoms with Crippen molar-refractivity contribution in [1.82, 2.24) is 10.6 Å². The van der Waals surface area contributed by atoms with Crippen molar-refractivity contribution in [3.05, 3.63) is 64.2 Å². The van der Waals surface area contributed by atoms with Crippen LogP contribution < -0.4 is 16.0 Å². The monoisotopic (exact) mass is 345 g/mol. The highest BCUT2D eigenvalue weighted by Crippen LogP contribution is 2.30. The molecule has 2 aromatic rings. The van der Waals surface area contributed by atoms with E-state index >= 15 is 0 Å². The van der Waals surface area contributed by atoms with Gasteiger partial charge >= 0.3 is 0 Å². The van der Waals surface area contributed by atoms with Crippen LogP contribution in [0.4, 0.5) is 5.69 Å². The van der Waals surface area contributed by atoms with E-state index in [1.54, 1.807) is 0 Å². The van der Waals surface area contributed by atoms with Crippen LogP contribution in [-0.2, 0) is 19.3 Å². The van der Waals surface area contributed by atoms with Crippen molar-refractivity contribution in [3.8, 4) is 0 Å². The van der Waals surface area contributed by atoms with E-state index in [9.17, 15) is 0 Å². The quantitative estimate of drug-likeness (QED) is 0.681. The summed E-state index contributed by atoms with van der Waals surface area (Å²) in [4.78, 5) is 8.92. The first-order valence-corrected chi connectivity index (χ1v) is 9.38. The second-order valence-corrected chi connectivity index (χ2v) is 7.15. The molecule has 5 heteroatoms. The molecule has 0 radical (unpaired) electrons. The van der Waals surface area contributed by atoms with Gasteiger partial charge in [-0.1, -0.05) is 24.3 Å². The average molecular weight is 345 g/mol. The van der Waals surface area contributed by atoms with Crippen molar-refractivity contribution < 1.29 is 0 Å². The summed E-state index contributed by atoms with van der Waals surface area (Å²) in [5.74, 6) is 2.01. The molecule has 0 bridgehead atoms. The van der Waals surface area contributed by atoms with Crippen molar-refractivity contribution in [3.63, 3.8) is 0 Å². The van der Waals surface area contributed by atoms with Gasteiger partial charge in [0.05, 0.1) is 13.1 Å². The van der Waals surface area contributed by atoms with Crippen molar-refractivity contribution in [2.24, 2.45) is 9.98 Å². The van der Waals surface area contributed by atoms with E-state index in [2.05, 4.69) is 62.3 Å².